The summed E-state index contributed by atoms with van der Waals surface area (Å²) in [7, 11) is 0. The molecule has 0 bridgehead atoms. The molecule has 3 aromatic heterocycles. The normalized spacial score (nSPS) is 12.2. The molecular weight excluding hydrogens is 492 g/mol. The van der Waals surface area contributed by atoms with Crippen molar-refractivity contribution in [3.63, 3.8) is 0 Å². The molecule has 0 amide bonds. The van der Waals surface area contributed by atoms with E-state index in [1.54, 1.807) is 6.07 Å². The Morgan fingerprint density at radius 3 is 2.36 bits per heavy atom. The second-order valence-corrected chi connectivity index (χ2v) is 7.66. The molecule has 0 radical (unpaired) electrons. The van der Waals surface area contributed by atoms with Gasteiger partial charge in [0.05, 0.1) is 16.8 Å². The van der Waals surface area contributed by atoms with Crippen LogP contribution in [0.15, 0.2) is 48.8 Å². The van der Waals surface area contributed by atoms with Crippen molar-refractivity contribution in [2.75, 3.05) is 17.6 Å². The molecule has 3 heterocycles. The standard InChI is InChI=1S/C22H17F6N7O/c23-21(24,25)13-5-3-12(4-6-13)16-10-17-31-11-32-35(17)20(34-16)30-9-1-2-14-7-8-15(19(29)33-14)18(36)22(26,27)28/h3-8,10-11H,1-2,9H2,(H2,29,33)(H,30,34). The summed E-state index contributed by atoms with van der Waals surface area (Å²) in [6, 6.07) is 8.42. The van der Waals surface area contributed by atoms with E-state index in [1.807, 2.05) is 0 Å². The third kappa shape index (κ3) is 5.37. The predicted molar refractivity (Wildman–Crippen MR) is 117 cm³/mol. The number of anilines is 2. The van der Waals surface area contributed by atoms with Gasteiger partial charge in [-0.3, -0.25) is 4.79 Å². The zero-order valence-corrected chi connectivity index (χ0v) is 18.2. The van der Waals surface area contributed by atoms with E-state index < -0.39 is 35.1 Å². The average molecular weight is 509 g/mol. The minimum Gasteiger partial charge on any atom is -0.383 e. The molecule has 36 heavy (non-hydrogen) atoms. The van der Waals surface area contributed by atoms with E-state index in [0.29, 0.717) is 47.9 Å². The van der Waals surface area contributed by atoms with Crippen molar-refractivity contribution >= 4 is 23.2 Å². The Hall–Kier alpha value is -4.23. The Labute approximate surface area is 199 Å². The summed E-state index contributed by atoms with van der Waals surface area (Å²) < 4.78 is 77.8. The lowest BCUT2D eigenvalue weighted by molar-refractivity contribution is -0.137. The van der Waals surface area contributed by atoms with Crippen LogP contribution in [0.2, 0.25) is 0 Å². The van der Waals surface area contributed by atoms with Crippen molar-refractivity contribution in [2.45, 2.75) is 25.2 Å². The summed E-state index contributed by atoms with van der Waals surface area (Å²) in [5.74, 6) is -2.27. The number of nitrogen functional groups attached to an aromatic ring is 1. The van der Waals surface area contributed by atoms with E-state index in [2.05, 4.69) is 25.4 Å². The van der Waals surface area contributed by atoms with E-state index in [9.17, 15) is 31.1 Å². The minimum atomic E-state index is -5.05. The maximum Gasteiger partial charge on any atom is 0.455 e. The van der Waals surface area contributed by atoms with E-state index in [-0.39, 0.29) is 0 Å². The number of aromatic nitrogens is 5. The van der Waals surface area contributed by atoms with Crippen LogP contribution in [-0.2, 0) is 12.6 Å². The van der Waals surface area contributed by atoms with Gasteiger partial charge in [0.15, 0.2) is 5.65 Å². The number of alkyl halides is 6. The number of ketones is 1. The zero-order chi connectivity index (χ0) is 26.1. The second kappa shape index (κ2) is 9.43. The maximum absolute atomic E-state index is 12.9. The van der Waals surface area contributed by atoms with E-state index in [0.717, 1.165) is 18.2 Å². The third-order valence-electron chi connectivity index (χ3n) is 5.15. The third-order valence-corrected chi connectivity index (χ3v) is 5.15. The number of Topliss-reactive ketones (excluding diaryl/α,β-unsaturated/α-hetero) is 1. The lowest BCUT2D eigenvalue weighted by atomic mass is 10.1. The van der Waals surface area contributed by atoms with Gasteiger partial charge < -0.3 is 11.1 Å². The maximum atomic E-state index is 12.9. The molecule has 0 atom stereocenters. The number of carbonyl (C=O) groups excluding carboxylic acids is 1. The lowest BCUT2D eigenvalue weighted by Crippen LogP contribution is -2.24. The van der Waals surface area contributed by atoms with Crippen LogP contribution < -0.4 is 11.1 Å². The molecule has 8 nitrogen and oxygen atoms in total. The second-order valence-electron chi connectivity index (χ2n) is 7.66. The number of hydrogen-bond donors (Lipinski definition) is 2. The van der Waals surface area contributed by atoms with Gasteiger partial charge in [-0.2, -0.15) is 36.0 Å². The topological polar surface area (TPSA) is 111 Å². The quantitative estimate of drug-likeness (QED) is 0.213. The van der Waals surface area contributed by atoms with Crippen molar-refractivity contribution < 1.29 is 31.1 Å². The van der Waals surface area contributed by atoms with Gasteiger partial charge in [-0.25, -0.2) is 15.0 Å². The fourth-order valence-corrected chi connectivity index (χ4v) is 3.39. The van der Waals surface area contributed by atoms with E-state index in [1.165, 1.54) is 29.0 Å². The highest BCUT2D eigenvalue weighted by Crippen LogP contribution is 2.31. The predicted octanol–water partition coefficient (Wildman–Crippen LogP) is 4.58. The Bertz CT molecular complexity index is 1400. The SMILES string of the molecule is Nc1nc(CCCNc2nc(-c3ccc(C(F)(F)F)cc3)cc3ncnn23)ccc1C(=O)C(F)(F)F. The molecule has 4 aromatic rings. The number of nitrogens with zero attached hydrogens (tertiary/aromatic N) is 5. The number of fused-ring (bicyclic) bond motifs is 1. The van der Waals surface area contributed by atoms with Gasteiger partial charge >= 0.3 is 12.4 Å². The number of aryl methyl sites for hydroxylation is 1. The first kappa shape index (κ1) is 24.9. The fourth-order valence-electron chi connectivity index (χ4n) is 3.39. The molecule has 0 fully saturated rings. The monoisotopic (exact) mass is 509 g/mol. The molecule has 1 aromatic carbocycles. The van der Waals surface area contributed by atoms with Crippen LogP contribution in [0.5, 0.6) is 0 Å². The summed E-state index contributed by atoms with van der Waals surface area (Å²) in [4.78, 5) is 23.8. The molecule has 14 heteroatoms. The first-order valence-corrected chi connectivity index (χ1v) is 10.4. The van der Waals surface area contributed by atoms with Gasteiger partial charge in [0, 0.05) is 23.9 Å². The Kier molecular flexibility index (Phi) is 6.52. The summed E-state index contributed by atoms with van der Waals surface area (Å²) in [5, 5.41) is 7.13. The number of rotatable bonds is 7. The number of nitrogens with two attached hydrogens (primary N) is 1. The van der Waals surface area contributed by atoms with Crippen molar-refractivity contribution in [3.8, 4) is 11.3 Å². The summed E-state index contributed by atoms with van der Waals surface area (Å²) in [6.07, 6.45) is -7.41. The highest BCUT2D eigenvalue weighted by Gasteiger charge is 2.40. The molecule has 0 aliphatic carbocycles. The molecule has 4 rings (SSSR count). The van der Waals surface area contributed by atoms with Crippen molar-refractivity contribution in [1.82, 2.24) is 24.6 Å². The first-order valence-electron chi connectivity index (χ1n) is 10.4. The fraction of sp³-hybridized carbons (Fsp3) is 0.227. The smallest absolute Gasteiger partial charge is 0.383 e. The highest BCUT2D eigenvalue weighted by molar-refractivity contribution is 6.03. The largest absolute Gasteiger partial charge is 0.455 e. The number of halogens is 6. The molecule has 0 saturated heterocycles. The van der Waals surface area contributed by atoms with E-state index in [4.69, 9.17) is 5.73 Å². The Morgan fingerprint density at radius 2 is 1.72 bits per heavy atom. The van der Waals surface area contributed by atoms with Gasteiger partial charge in [-0.15, -0.1) is 0 Å². The molecule has 188 valence electrons. The zero-order valence-electron chi connectivity index (χ0n) is 18.2. The molecule has 3 N–H and O–H groups in total. The van der Waals surface area contributed by atoms with Crippen LogP contribution in [0.1, 0.15) is 28.0 Å². The number of hydrogen-bond acceptors (Lipinski definition) is 7. The van der Waals surface area contributed by atoms with Crippen molar-refractivity contribution in [3.05, 3.63) is 65.6 Å². The summed E-state index contributed by atoms with van der Waals surface area (Å²) in [6.45, 7) is 0.337. The Morgan fingerprint density at radius 1 is 1.00 bits per heavy atom. The minimum absolute atomic E-state index is 0.290. The number of benzene rings is 1. The van der Waals surface area contributed by atoms with E-state index >= 15 is 0 Å². The van der Waals surface area contributed by atoms with Crippen LogP contribution >= 0.6 is 0 Å². The van der Waals surface area contributed by atoms with Crippen LogP contribution in [0.25, 0.3) is 16.9 Å². The van der Waals surface area contributed by atoms with Crippen LogP contribution in [0, 0.1) is 0 Å². The highest BCUT2D eigenvalue weighted by atomic mass is 19.4. The van der Waals surface area contributed by atoms with Gasteiger partial charge in [-0.1, -0.05) is 12.1 Å². The first-order chi connectivity index (χ1) is 16.9. The molecule has 0 saturated carbocycles. The molecular formula is C22H17F6N7O. The number of pyridine rings is 1. The van der Waals surface area contributed by atoms with Crippen molar-refractivity contribution in [2.24, 2.45) is 0 Å². The van der Waals surface area contributed by atoms with Crippen LogP contribution in [-0.4, -0.2) is 43.1 Å². The van der Waals surface area contributed by atoms with Gasteiger partial charge in [0.25, 0.3) is 5.78 Å². The van der Waals surface area contributed by atoms with Gasteiger partial charge in [0.2, 0.25) is 5.95 Å². The van der Waals surface area contributed by atoms with Crippen molar-refractivity contribution in [1.29, 1.82) is 0 Å². The van der Waals surface area contributed by atoms with Gasteiger partial charge in [-0.05, 0) is 37.1 Å². The molecule has 0 unspecified atom stereocenters. The van der Waals surface area contributed by atoms with Crippen LogP contribution in [0.3, 0.4) is 0 Å². The summed E-state index contributed by atoms with van der Waals surface area (Å²) >= 11 is 0. The molecule has 0 aliphatic rings. The summed E-state index contributed by atoms with van der Waals surface area (Å²) in [5.41, 5.74) is 5.69. The lowest BCUT2D eigenvalue weighted by Gasteiger charge is -2.11. The molecule has 0 aliphatic heterocycles. The Balaban J connectivity index is 1.45. The van der Waals surface area contributed by atoms with Gasteiger partial charge in [0.1, 0.15) is 12.1 Å². The molecule has 0 spiro atoms. The van der Waals surface area contributed by atoms with Crippen LogP contribution in [0.4, 0.5) is 38.1 Å². The number of carbonyl (C=O) groups is 1. The average Bonchev–Trinajstić information content (AvgIpc) is 3.29. The number of nitrogens with one attached hydrogen (secondary N) is 1.